The van der Waals surface area contributed by atoms with Crippen LogP contribution in [0.4, 0.5) is 0 Å². The van der Waals surface area contributed by atoms with E-state index in [-0.39, 0.29) is 0 Å². The Labute approximate surface area is 77.8 Å². The highest BCUT2D eigenvalue weighted by Gasteiger charge is 1.98. The van der Waals surface area contributed by atoms with Crippen molar-refractivity contribution in [1.82, 2.24) is 0 Å². The molecule has 1 aromatic carbocycles. The van der Waals surface area contributed by atoms with Crippen molar-refractivity contribution in [1.29, 1.82) is 0 Å². The van der Waals surface area contributed by atoms with Crippen LogP contribution in [0.15, 0.2) is 30.3 Å². The summed E-state index contributed by atoms with van der Waals surface area (Å²) in [6, 6.07) is 9.99. The van der Waals surface area contributed by atoms with Gasteiger partial charge in [-0.1, -0.05) is 30.3 Å². The average molecular weight is 208 g/mol. The molecule has 0 atom stereocenters. The minimum absolute atomic E-state index is 0.640. The first kappa shape index (κ1) is 12.3. The first-order valence-electron chi connectivity index (χ1n) is 3.30. The zero-order valence-electron chi connectivity index (χ0n) is 6.72. The van der Waals surface area contributed by atoms with E-state index in [2.05, 4.69) is 0 Å². The van der Waals surface area contributed by atoms with Gasteiger partial charge in [0, 0.05) is 6.54 Å². The van der Waals surface area contributed by atoms with Gasteiger partial charge in [-0.05, 0) is 5.56 Å². The third-order valence-electron chi connectivity index (χ3n) is 1.08. The van der Waals surface area contributed by atoms with Gasteiger partial charge in [-0.25, -0.2) is 0 Å². The summed E-state index contributed by atoms with van der Waals surface area (Å²) in [4.78, 5) is 0. The first-order chi connectivity index (χ1) is 5.93. The number of hydrogen-bond donors (Lipinski definition) is 2. The number of hydrogen-bond acceptors (Lipinski definition) is 5. The number of benzene rings is 1. The number of rotatable bonds is 1. The van der Waals surface area contributed by atoms with Gasteiger partial charge in [0.1, 0.15) is 0 Å². The van der Waals surface area contributed by atoms with Crippen LogP contribution in [0.3, 0.4) is 0 Å². The topological polar surface area (TPSA) is 115 Å². The first-order valence-corrected chi connectivity index (χ1v) is 4.57. The van der Waals surface area contributed by atoms with Crippen LogP contribution < -0.4 is 19.7 Å². The third kappa shape index (κ3) is 11.3. The Kier molecular flexibility index (Phi) is 5.56. The van der Waals surface area contributed by atoms with Gasteiger partial charge in [0.2, 0.25) is 0 Å². The summed E-state index contributed by atoms with van der Waals surface area (Å²) in [5, 5.41) is 0. The van der Waals surface area contributed by atoms with E-state index in [1.165, 1.54) is 5.56 Å². The maximum atomic E-state index is 8.60. The maximum Gasteiger partial charge on any atom is 0.0777 e. The minimum atomic E-state index is -4.69. The summed E-state index contributed by atoms with van der Waals surface area (Å²) in [7, 11) is -4.69. The van der Waals surface area contributed by atoms with Crippen LogP contribution in [0.1, 0.15) is 5.56 Å². The lowest BCUT2D eigenvalue weighted by Crippen LogP contribution is -2.58. The monoisotopic (exact) mass is 207 g/mol. The fourth-order valence-electron chi connectivity index (χ4n) is 0.614. The molecule has 5 nitrogen and oxygen atoms in total. The Hall–Kier alpha value is -0.690. The fraction of sp³-hybridized carbons (Fsp3) is 0.143. The predicted octanol–water partition coefficient (Wildman–Crippen LogP) is -2.98. The fourth-order valence-corrected chi connectivity index (χ4v) is 0.614. The van der Waals surface area contributed by atoms with E-state index in [1.54, 1.807) is 0 Å². The molecule has 0 saturated heterocycles. The van der Waals surface area contributed by atoms with Crippen molar-refractivity contribution in [3.8, 4) is 0 Å². The van der Waals surface area contributed by atoms with Crippen LogP contribution in [-0.2, 0) is 6.54 Å². The van der Waals surface area contributed by atoms with E-state index in [9.17, 15) is 0 Å². The highest BCUT2D eigenvalue weighted by atomic mass is 35.7. The number of halogens is 1. The lowest BCUT2D eigenvalue weighted by molar-refractivity contribution is -1.92. The molecule has 0 unspecified atom stereocenters. The molecule has 0 saturated carbocycles. The highest BCUT2D eigenvalue weighted by molar-refractivity contribution is 5.13. The smallest absolute Gasteiger partial charge is 0.0777 e. The number of nitrogens with two attached hydrogens (primary N) is 1. The Morgan fingerprint density at radius 2 is 1.54 bits per heavy atom. The third-order valence-corrected chi connectivity index (χ3v) is 1.08. The van der Waals surface area contributed by atoms with Crippen LogP contribution in [0.2, 0.25) is 0 Å². The van der Waals surface area contributed by atoms with Crippen molar-refractivity contribution in [2.75, 3.05) is 0 Å². The van der Waals surface area contributed by atoms with E-state index in [4.69, 9.17) is 24.4 Å². The molecule has 74 valence electrons. The second kappa shape index (κ2) is 5.87. The standard InChI is InChI=1S/C7H9N.ClHO4/c8-6-7-4-2-1-3-5-7;2-1(3,4)5/h1-5H,6,8H2;(H,2,3,4,5). The van der Waals surface area contributed by atoms with Gasteiger partial charge in [0.15, 0.2) is 0 Å². The molecule has 0 heterocycles. The Morgan fingerprint density at radius 3 is 1.77 bits per heavy atom. The van der Waals surface area contributed by atoms with Gasteiger partial charge in [0.25, 0.3) is 0 Å². The lowest BCUT2D eigenvalue weighted by atomic mass is 10.2. The van der Waals surface area contributed by atoms with Crippen molar-refractivity contribution in [2.45, 2.75) is 6.54 Å². The molecule has 0 radical (unpaired) electrons. The molecule has 0 spiro atoms. The summed E-state index contributed by atoms with van der Waals surface area (Å²) in [6.07, 6.45) is 0. The van der Waals surface area contributed by atoms with Gasteiger partial charge >= 0.3 is 0 Å². The molecule has 0 amide bonds. The minimum Gasteiger partial charge on any atom is -0.326 e. The van der Waals surface area contributed by atoms with E-state index >= 15 is 0 Å². The van der Waals surface area contributed by atoms with Crippen LogP contribution in [0.25, 0.3) is 0 Å². The Bertz CT molecular complexity index is 218. The molecule has 1 aromatic rings. The molecule has 0 aromatic heterocycles. The summed E-state index contributed by atoms with van der Waals surface area (Å²) >= 11 is 0. The molecule has 0 bridgehead atoms. The molecule has 0 aliphatic heterocycles. The summed E-state index contributed by atoms with van der Waals surface area (Å²) in [5.41, 5.74) is 6.54. The van der Waals surface area contributed by atoms with E-state index in [0.29, 0.717) is 6.54 Å². The second-order valence-electron chi connectivity index (χ2n) is 2.09. The molecule has 13 heavy (non-hydrogen) atoms. The average Bonchev–Trinajstić information content (AvgIpc) is 2.03. The van der Waals surface area contributed by atoms with Crippen molar-refractivity contribution >= 4 is 0 Å². The molecule has 0 aliphatic rings. The van der Waals surface area contributed by atoms with Gasteiger partial charge in [0.05, 0.1) is 14.9 Å². The van der Waals surface area contributed by atoms with Crippen LogP contribution in [-0.4, -0.2) is 4.66 Å². The quantitative estimate of drug-likeness (QED) is 0.510. The molecule has 6 heteroatoms. The molecular weight excluding hydrogens is 198 g/mol. The predicted molar refractivity (Wildman–Crippen MR) is 36.6 cm³/mol. The second-order valence-corrected chi connectivity index (χ2v) is 2.88. The Balaban J connectivity index is 0.000000252. The van der Waals surface area contributed by atoms with E-state index < -0.39 is 10.2 Å². The van der Waals surface area contributed by atoms with E-state index in [0.717, 1.165) is 0 Å². The lowest BCUT2D eigenvalue weighted by Gasteiger charge is -2.03. The normalized spacial score (nSPS) is 10.2. The zero-order valence-corrected chi connectivity index (χ0v) is 7.48. The molecule has 3 N–H and O–H groups in total. The molecule has 0 aliphatic carbocycles. The maximum absolute atomic E-state index is 8.60. The largest absolute Gasteiger partial charge is 0.326 e. The zero-order chi connectivity index (χ0) is 10.3. The van der Waals surface area contributed by atoms with Crippen molar-refractivity contribution in [3.63, 3.8) is 0 Å². The van der Waals surface area contributed by atoms with Crippen LogP contribution >= 0.6 is 0 Å². The van der Waals surface area contributed by atoms with Crippen LogP contribution in [0.5, 0.6) is 0 Å². The van der Waals surface area contributed by atoms with E-state index in [1.807, 2.05) is 30.3 Å². The Morgan fingerprint density at radius 1 is 1.15 bits per heavy atom. The van der Waals surface area contributed by atoms with Gasteiger partial charge in [-0.15, -0.1) is 0 Å². The molecule has 0 fully saturated rings. The highest BCUT2D eigenvalue weighted by Crippen LogP contribution is 1.94. The van der Waals surface area contributed by atoms with Crippen LogP contribution in [0, 0.1) is 10.2 Å². The molecule has 1 rings (SSSR count). The summed E-state index contributed by atoms with van der Waals surface area (Å²) < 4.78 is 32.7. The summed E-state index contributed by atoms with van der Waals surface area (Å²) in [6.45, 7) is 0.640. The molecular formula is C7H10ClNO4. The van der Waals surface area contributed by atoms with Crippen molar-refractivity contribution in [3.05, 3.63) is 35.9 Å². The van der Waals surface area contributed by atoms with Crippen molar-refractivity contribution < 1.29 is 28.9 Å². The van der Waals surface area contributed by atoms with Crippen molar-refractivity contribution in [2.24, 2.45) is 5.73 Å². The van der Waals surface area contributed by atoms with Gasteiger partial charge in [-0.2, -0.15) is 14.0 Å². The van der Waals surface area contributed by atoms with Gasteiger partial charge in [-0.3, -0.25) is 0 Å². The SMILES string of the molecule is NCc1ccccc1.[O-][Cl+3]([O-])([O-])O. The van der Waals surface area contributed by atoms with Gasteiger partial charge < -0.3 is 5.73 Å². The summed E-state index contributed by atoms with van der Waals surface area (Å²) in [5.74, 6) is 0.